The van der Waals surface area contributed by atoms with Crippen molar-refractivity contribution in [2.75, 3.05) is 26.8 Å². The Bertz CT molecular complexity index is 1300. The molecule has 1 saturated carbocycles. The van der Waals surface area contributed by atoms with Gasteiger partial charge in [0.05, 0.1) is 10.5 Å². The van der Waals surface area contributed by atoms with Gasteiger partial charge < -0.3 is 24.1 Å². The first kappa shape index (κ1) is 25.2. The lowest BCUT2D eigenvalue weighted by Crippen LogP contribution is -2.47. The number of hydrogen-bond donors (Lipinski definition) is 1. The highest BCUT2D eigenvalue weighted by Crippen LogP contribution is 2.38. The third-order valence-electron chi connectivity index (χ3n) is 7.69. The zero-order valence-electron chi connectivity index (χ0n) is 21.1. The SMILES string of the molecule is COCCCn1c(Br)c(CN(C(=O)[C@H]2CNCC[C@@H]2c2ccn(C)c(=O)c2)C2CC2)c2ccccc21. The average molecular weight is 556 g/mol. The number of nitrogens with zero attached hydrogens (tertiary/aromatic N) is 3. The summed E-state index contributed by atoms with van der Waals surface area (Å²) in [5.41, 5.74) is 3.29. The van der Waals surface area contributed by atoms with Crippen molar-refractivity contribution in [3.05, 3.63) is 68.7 Å². The fourth-order valence-corrected chi connectivity index (χ4v) is 6.26. The van der Waals surface area contributed by atoms with Gasteiger partial charge in [-0.05, 0) is 71.8 Å². The van der Waals surface area contributed by atoms with Gasteiger partial charge in [0.2, 0.25) is 5.91 Å². The van der Waals surface area contributed by atoms with Crippen molar-refractivity contribution in [3.8, 4) is 0 Å². The molecule has 1 aliphatic heterocycles. The van der Waals surface area contributed by atoms with E-state index in [9.17, 15) is 9.59 Å². The summed E-state index contributed by atoms with van der Waals surface area (Å²) >= 11 is 3.89. The molecule has 0 unspecified atom stereocenters. The molecule has 5 rings (SSSR count). The van der Waals surface area contributed by atoms with Crippen LogP contribution in [0.3, 0.4) is 0 Å². The Morgan fingerprint density at radius 3 is 2.78 bits per heavy atom. The van der Waals surface area contributed by atoms with E-state index >= 15 is 0 Å². The summed E-state index contributed by atoms with van der Waals surface area (Å²) < 4.78 is 10.2. The number of carbonyl (C=O) groups excluding carboxylic acids is 1. The summed E-state index contributed by atoms with van der Waals surface area (Å²) in [5.74, 6) is 0.0616. The Morgan fingerprint density at radius 2 is 2.03 bits per heavy atom. The number of pyridine rings is 1. The number of nitrogens with one attached hydrogen (secondary N) is 1. The molecular weight excluding hydrogens is 520 g/mol. The van der Waals surface area contributed by atoms with Crippen molar-refractivity contribution in [2.45, 2.75) is 50.7 Å². The van der Waals surface area contributed by atoms with Gasteiger partial charge in [0.25, 0.3) is 5.56 Å². The van der Waals surface area contributed by atoms with Gasteiger partial charge in [0, 0.05) is 75.2 Å². The number of methoxy groups -OCH3 is 1. The summed E-state index contributed by atoms with van der Waals surface area (Å²) in [5, 5.41) is 4.62. The molecule has 3 heterocycles. The quantitative estimate of drug-likeness (QED) is 0.405. The number of piperidine rings is 1. The van der Waals surface area contributed by atoms with Gasteiger partial charge in [-0.2, -0.15) is 0 Å². The highest BCUT2D eigenvalue weighted by Gasteiger charge is 2.40. The predicted molar refractivity (Wildman–Crippen MR) is 145 cm³/mol. The van der Waals surface area contributed by atoms with E-state index in [1.165, 1.54) is 10.9 Å². The lowest BCUT2D eigenvalue weighted by molar-refractivity contribution is -0.138. The van der Waals surface area contributed by atoms with Crippen molar-refractivity contribution in [1.82, 2.24) is 19.4 Å². The first-order valence-corrected chi connectivity index (χ1v) is 13.7. The van der Waals surface area contributed by atoms with E-state index in [1.54, 1.807) is 24.8 Å². The molecule has 1 amide bonds. The van der Waals surface area contributed by atoms with E-state index in [4.69, 9.17) is 4.74 Å². The zero-order valence-corrected chi connectivity index (χ0v) is 22.7. The highest BCUT2D eigenvalue weighted by molar-refractivity contribution is 9.10. The van der Waals surface area contributed by atoms with E-state index in [0.717, 1.165) is 54.5 Å². The molecule has 1 N–H and O–H groups in total. The molecule has 1 aliphatic carbocycles. The number of ether oxygens (including phenoxy) is 1. The normalized spacial score (nSPS) is 20.1. The molecule has 1 saturated heterocycles. The topological polar surface area (TPSA) is 68.5 Å². The fraction of sp³-hybridized carbons (Fsp3) is 0.500. The second-order valence-corrected chi connectivity index (χ2v) is 10.8. The Labute approximate surface area is 220 Å². The molecule has 3 aromatic rings. The van der Waals surface area contributed by atoms with Crippen molar-refractivity contribution in [1.29, 1.82) is 0 Å². The Kier molecular flexibility index (Phi) is 7.65. The van der Waals surface area contributed by atoms with Crippen LogP contribution >= 0.6 is 15.9 Å². The van der Waals surface area contributed by atoms with Crippen LogP contribution in [0.5, 0.6) is 0 Å². The minimum atomic E-state index is -0.180. The third kappa shape index (κ3) is 5.04. The van der Waals surface area contributed by atoms with Crippen LogP contribution in [0.4, 0.5) is 0 Å². The molecule has 7 nitrogen and oxygen atoms in total. The Morgan fingerprint density at radius 1 is 1.22 bits per heavy atom. The van der Waals surface area contributed by atoms with Crippen LogP contribution in [0.2, 0.25) is 0 Å². The van der Waals surface area contributed by atoms with E-state index in [0.29, 0.717) is 19.7 Å². The standard InChI is InChI=1S/C28H35BrN4O3/c1-31-14-11-19(16-26(31)34)21-10-12-30-17-23(21)28(35)33(20-8-9-20)18-24-22-6-3-4-7-25(22)32(27(24)29)13-5-15-36-2/h3-4,6-7,11,14,16,20-21,23,30H,5,8-10,12-13,15,17-18H2,1-2H3/t21-,23+/m1/s1. The van der Waals surface area contributed by atoms with Crippen molar-refractivity contribution in [3.63, 3.8) is 0 Å². The molecule has 1 aromatic carbocycles. The summed E-state index contributed by atoms with van der Waals surface area (Å²) in [6, 6.07) is 12.4. The van der Waals surface area contributed by atoms with Crippen LogP contribution in [0, 0.1) is 5.92 Å². The first-order chi connectivity index (χ1) is 17.5. The van der Waals surface area contributed by atoms with E-state index in [-0.39, 0.29) is 29.3 Å². The molecule has 2 atom stereocenters. The van der Waals surface area contributed by atoms with Gasteiger partial charge in [-0.3, -0.25) is 9.59 Å². The molecular formula is C28H35BrN4O3. The lowest BCUT2D eigenvalue weighted by Gasteiger charge is -2.35. The molecule has 36 heavy (non-hydrogen) atoms. The summed E-state index contributed by atoms with van der Waals surface area (Å²) in [4.78, 5) is 28.6. The monoisotopic (exact) mass is 554 g/mol. The molecule has 2 aliphatic rings. The second-order valence-electron chi connectivity index (χ2n) is 10.1. The van der Waals surface area contributed by atoms with Crippen LogP contribution in [0.1, 0.15) is 42.7 Å². The zero-order chi connectivity index (χ0) is 25.2. The maximum absolute atomic E-state index is 14.1. The van der Waals surface area contributed by atoms with E-state index in [1.807, 2.05) is 12.3 Å². The average Bonchev–Trinajstić information content (AvgIpc) is 3.70. The number of halogens is 1. The van der Waals surface area contributed by atoms with Gasteiger partial charge in [0.15, 0.2) is 0 Å². The Hall–Kier alpha value is -2.42. The number of hydrogen-bond acceptors (Lipinski definition) is 4. The fourth-order valence-electron chi connectivity index (χ4n) is 5.55. The van der Waals surface area contributed by atoms with Crippen LogP contribution < -0.4 is 10.9 Å². The molecule has 0 bridgehead atoms. The third-order valence-corrected chi connectivity index (χ3v) is 8.60. The van der Waals surface area contributed by atoms with Crippen LogP contribution in [0.25, 0.3) is 10.9 Å². The van der Waals surface area contributed by atoms with Gasteiger partial charge in [0.1, 0.15) is 0 Å². The van der Waals surface area contributed by atoms with Gasteiger partial charge >= 0.3 is 0 Å². The number of benzene rings is 1. The van der Waals surface area contributed by atoms with E-state index < -0.39 is 0 Å². The largest absolute Gasteiger partial charge is 0.385 e. The van der Waals surface area contributed by atoms with Gasteiger partial charge in [-0.1, -0.05) is 18.2 Å². The minimum absolute atomic E-state index is 0.0264. The Balaban J connectivity index is 1.45. The summed E-state index contributed by atoms with van der Waals surface area (Å²) in [6.07, 6.45) is 5.68. The number of carbonyl (C=O) groups is 1. The van der Waals surface area contributed by atoms with Crippen LogP contribution in [-0.2, 0) is 29.7 Å². The number of fused-ring (bicyclic) bond motifs is 1. The smallest absolute Gasteiger partial charge is 0.250 e. The van der Waals surface area contributed by atoms with Gasteiger partial charge in [-0.25, -0.2) is 0 Å². The molecule has 0 spiro atoms. The summed E-state index contributed by atoms with van der Waals surface area (Å²) in [6.45, 7) is 3.64. The number of aromatic nitrogens is 2. The first-order valence-electron chi connectivity index (χ1n) is 12.9. The summed E-state index contributed by atoms with van der Waals surface area (Å²) in [7, 11) is 3.49. The number of aryl methyl sites for hydroxylation is 2. The molecule has 2 aromatic heterocycles. The van der Waals surface area contributed by atoms with Crippen molar-refractivity contribution >= 4 is 32.7 Å². The van der Waals surface area contributed by atoms with Gasteiger partial charge in [-0.15, -0.1) is 0 Å². The number of para-hydroxylation sites is 1. The van der Waals surface area contributed by atoms with Crippen molar-refractivity contribution < 1.29 is 9.53 Å². The number of amides is 1. The van der Waals surface area contributed by atoms with E-state index in [2.05, 4.69) is 55.0 Å². The second kappa shape index (κ2) is 10.9. The lowest BCUT2D eigenvalue weighted by atomic mass is 9.80. The molecule has 0 radical (unpaired) electrons. The number of rotatable bonds is 9. The highest BCUT2D eigenvalue weighted by atomic mass is 79.9. The van der Waals surface area contributed by atoms with Crippen LogP contribution in [-0.4, -0.2) is 52.8 Å². The maximum atomic E-state index is 14.1. The maximum Gasteiger partial charge on any atom is 0.250 e. The van der Waals surface area contributed by atoms with Crippen molar-refractivity contribution in [2.24, 2.45) is 13.0 Å². The molecule has 8 heteroatoms. The molecule has 192 valence electrons. The predicted octanol–water partition coefficient (Wildman–Crippen LogP) is 4.02. The minimum Gasteiger partial charge on any atom is -0.385 e. The molecule has 2 fully saturated rings. The van der Waals surface area contributed by atoms with Crippen LogP contribution in [0.15, 0.2) is 52.0 Å².